The molecule has 0 unspecified atom stereocenters. The Morgan fingerprint density at radius 3 is 3.00 bits per heavy atom. The second kappa shape index (κ2) is 9.00. The molecule has 1 amide bonds. The average Bonchev–Trinajstić information content (AvgIpc) is 2.87. The lowest BCUT2D eigenvalue weighted by molar-refractivity contribution is 0.0947. The average molecular weight is 349 g/mol. The van der Waals surface area contributed by atoms with Gasteiger partial charge in [-0.3, -0.25) is 4.79 Å². The van der Waals surface area contributed by atoms with Crippen molar-refractivity contribution < 1.29 is 4.79 Å². The quantitative estimate of drug-likeness (QED) is 0.610. The number of nitrogens with one attached hydrogen (secondary N) is 1. The topological polar surface area (TPSA) is 32.3 Å². The second-order valence-electron chi connectivity index (χ2n) is 7.32. The number of hydrogen-bond donors (Lipinski definition) is 1. The molecule has 1 N–H and O–H groups in total. The molecular weight excluding hydrogens is 316 g/mol. The van der Waals surface area contributed by atoms with Crippen LogP contribution in [-0.2, 0) is 12.8 Å². The van der Waals surface area contributed by atoms with Crippen LogP contribution in [0.2, 0.25) is 0 Å². The molecule has 1 aliphatic carbocycles. The summed E-state index contributed by atoms with van der Waals surface area (Å²) in [7, 11) is 0. The zero-order chi connectivity index (χ0) is 16.8. The van der Waals surface area contributed by atoms with E-state index in [4.69, 9.17) is 0 Å². The first-order chi connectivity index (χ1) is 11.8. The van der Waals surface area contributed by atoms with E-state index in [1.807, 2.05) is 0 Å². The third-order valence-electron chi connectivity index (χ3n) is 5.68. The molecule has 0 radical (unpaired) electrons. The maximum atomic E-state index is 12.5. The van der Waals surface area contributed by atoms with Gasteiger partial charge in [-0.1, -0.05) is 19.8 Å². The molecular formula is C20H32N2OS. The van der Waals surface area contributed by atoms with Crippen LogP contribution in [0.1, 0.15) is 79.1 Å². The summed E-state index contributed by atoms with van der Waals surface area (Å²) in [6, 6.07) is 0.766. The molecule has 3 nitrogen and oxygen atoms in total. The van der Waals surface area contributed by atoms with Gasteiger partial charge in [-0.15, -0.1) is 11.3 Å². The molecule has 0 aromatic carbocycles. The van der Waals surface area contributed by atoms with Gasteiger partial charge in [-0.2, -0.15) is 0 Å². The first-order valence-corrected chi connectivity index (χ1v) is 10.8. The van der Waals surface area contributed by atoms with Crippen LogP contribution < -0.4 is 5.32 Å². The smallest absolute Gasteiger partial charge is 0.252 e. The summed E-state index contributed by atoms with van der Waals surface area (Å²) in [6.07, 6.45) is 12.5. The van der Waals surface area contributed by atoms with Crippen LogP contribution in [0.3, 0.4) is 0 Å². The number of hydrogen-bond acceptors (Lipinski definition) is 3. The lowest BCUT2D eigenvalue weighted by Gasteiger charge is -2.35. The fourth-order valence-corrected chi connectivity index (χ4v) is 5.38. The normalized spacial score (nSPS) is 22.0. The third kappa shape index (κ3) is 4.40. The molecule has 2 heterocycles. The number of carbonyl (C=O) groups is 1. The molecule has 1 atom stereocenters. The number of rotatable bonds is 6. The Balaban J connectivity index is 1.45. The van der Waals surface area contributed by atoms with Crippen LogP contribution in [0.5, 0.6) is 0 Å². The highest BCUT2D eigenvalue weighted by Crippen LogP contribution is 2.29. The molecule has 1 aliphatic heterocycles. The molecule has 134 valence electrons. The first-order valence-electron chi connectivity index (χ1n) is 9.91. The van der Waals surface area contributed by atoms with Crippen molar-refractivity contribution in [2.45, 2.75) is 77.2 Å². The van der Waals surface area contributed by atoms with Crippen molar-refractivity contribution >= 4 is 17.2 Å². The number of nitrogens with zero attached hydrogens (tertiary/aromatic N) is 1. The minimum absolute atomic E-state index is 0.153. The maximum absolute atomic E-state index is 12.5. The Morgan fingerprint density at radius 2 is 2.12 bits per heavy atom. The van der Waals surface area contributed by atoms with E-state index < -0.39 is 0 Å². The maximum Gasteiger partial charge on any atom is 0.252 e. The Bertz CT molecular complexity index is 540. The van der Waals surface area contributed by atoms with Gasteiger partial charge in [0.2, 0.25) is 0 Å². The number of likely N-dealkylation sites (tertiary alicyclic amines) is 1. The highest BCUT2D eigenvalue weighted by atomic mass is 32.1. The summed E-state index contributed by atoms with van der Waals surface area (Å²) in [5.41, 5.74) is 2.30. The van der Waals surface area contributed by atoms with Gasteiger partial charge in [0.25, 0.3) is 5.91 Å². The molecule has 0 bridgehead atoms. The Kier molecular flexibility index (Phi) is 6.73. The third-order valence-corrected chi connectivity index (χ3v) is 6.77. The number of thiophene rings is 1. The Labute approximate surface area is 150 Å². The summed E-state index contributed by atoms with van der Waals surface area (Å²) >= 11 is 1.79. The number of amides is 1. The van der Waals surface area contributed by atoms with Crippen molar-refractivity contribution in [3.63, 3.8) is 0 Å². The minimum atomic E-state index is 0.153. The fraction of sp³-hybridized carbons (Fsp3) is 0.750. The summed E-state index contributed by atoms with van der Waals surface area (Å²) < 4.78 is 0. The molecule has 3 rings (SSSR count). The monoisotopic (exact) mass is 348 g/mol. The van der Waals surface area contributed by atoms with E-state index in [0.29, 0.717) is 0 Å². The number of aryl methyl sites for hydroxylation is 1. The largest absolute Gasteiger partial charge is 0.352 e. The highest BCUT2D eigenvalue weighted by molar-refractivity contribution is 7.10. The standard InChI is InChI=1S/C20H32N2OS/c1-2-16-9-6-7-13-22(16)14-8-12-21-20(23)18-15-24-19-11-5-3-4-10-17(18)19/h15-16H,2-14H2,1H3,(H,21,23)/t16-/m1/s1. The van der Waals surface area contributed by atoms with Crippen molar-refractivity contribution in [1.29, 1.82) is 0 Å². The summed E-state index contributed by atoms with van der Waals surface area (Å²) in [5.74, 6) is 0.153. The summed E-state index contributed by atoms with van der Waals surface area (Å²) in [4.78, 5) is 16.6. The second-order valence-corrected chi connectivity index (χ2v) is 8.28. The first kappa shape index (κ1) is 17.9. The zero-order valence-electron chi connectivity index (χ0n) is 15.1. The SMILES string of the molecule is CC[C@@H]1CCCCN1CCCNC(=O)c1csc2c1CCCCC2. The van der Waals surface area contributed by atoms with Gasteiger partial charge in [0, 0.05) is 29.4 Å². The number of fused-ring (bicyclic) bond motifs is 1. The van der Waals surface area contributed by atoms with E-state index >= 15 is 0 Å². The van der Waals surface area contributed by atoms with E-state index in [1.165, 1.54) is 68.4 Å². The molecule has 0 spiro atoms. The van der Waals surface area contributed by atoms with Crippen LogP contribution >= 0.6 is 11.3 Å². The van der Waals surface area contributed by atoms with E-state index in [0.717, 1.165) is 37.5 Å². The molecule has 2 aliphatic rings. The highest BCUT2D eigenvalue weighted by Gasteiger charge is 2.21. The van der Waals surface area contributed by atoms with Crippen molar-refractivity contribution in [2.24, 2.45) is 0 Å². The van der Waals surface area contributed by atoms with E-state index in [1.54, 1.807) is 11.3 Å². The minimum Gasteiger partial charge on any atom is -0.352 e. The van der Waals surface area contributed by atoms with Crippen molar-refractivity contribution in [2.75, 3.05) is 19.6 Å². The van der Waals surface area contributed by atoms with Gasteiger partial charge in [0.1, 0.15) is 0 Å². The van der Waals surface area contributed by atoms with Gasteiger partial charge < -0.3 is 10.2 Å². The molecule has 1 aromatic heterocycles. The van der Waals surface area contributed by atoms with Gasteiger partial charge in [0.15, 0.2) is 0 Å². The van der Waals surface area contributed by atoms with Gasteiger partial charge in [-0.05, 0) is 63.5 Å². The summed E-state index contributed by atoms with van der Waals surface area (Å²) in [6.45, 7) is 5.47. The fourth-order valence-electron chi connectivity index (χ4n) is 4.26. The Morgan fingerprint density at radius 1 is 1.25 bits per heavy atom. The van der Waals surface area contributed by atoms with Gasteiger partial charge in [-0.25, -0.2) is 0 Å². The Hall–Kier alpha value is -0.870. The summed E-state index contributed by atoms with van der Waals surface area (Å²) in [5, 5.41) is 5.26. The van der Waals surface area contributed by atoms with E-state index in [9.17, 15) is 4.79 Å². The molecule has 1 aromatic rings. The van der Waals surface area contributed by atoms with Crippen molar-refractivity contribution in [3.05, 3.63) is 21.4 Å². The van der Waals surface area contributed by atoms with Gasteiger partial charge in [0.05, 0.1) is 5.56 Å². The van der Waals surface area contributed by atoms with Crippen LogP contribution in [0.15, 0.2) is 5.38 Å². The molecule has 1 saturated heterocycles. The predicted molar refractivity (Wildman–Crippen MR) is 102 cm³/mol. The van der Waals surface area contributed by atoms with Crippen molar-refractivity contribution in [3.8, 4) is 0 Å². The van der Waals surface area contributed by atoms with E-state index in [2.05, 4.69) is 22.5 Å². The van der Waals surface area contributed by atoms with E-state index in [-0.39, 0.29) is 5.91 Å². The lowest BCUT2D eigenvalue weighted by atomic mass is 10.00. The van der Waals surface area contributed by atoms with Crippen LogP contribution in [0.4, 0.5) is 0 Å². The molecule has 0 saturated carbocycles. The number of carbonyl (C=O) groups excluding carboxylic acids is 1. The number of piperidine rings is 1. The lowest BCUT2D eigenvalue weighted by Crippen LogP contribution is -2.40. The molecule has 1 fully saturated rings. The molecule has 24 heavy (non-hydrogen) atoms. The van der Waals surface area contributed by atoms with Gasteiger partial charge >= 0.3 is 0 Å². The van der Waals surface area contributed by atoms with Crippen LogP contribution in [0, 0.1) is 0 Å². The zero-order valence-corrected chi connectivity index (χ0v) is 15.9. The predicted octanol–water partition coefficient (Wildman–Crippen LogP) is 4.40. The van der Waals surface area contributed by atoms with Crippen LogP contribution in [0.25, 0.3) is 0 Å². The van der Waals surface area contributed by atoms with Crippen LogP contribution in [-0.4, -0.2) is 36.5 Å². The molecule has 4 heteroatoms. The van der Waals surface area contributed by atoms with Crippen molar-refractivity contribution in [1.82, 2.24) is 10.2 Å².